The topological polar surface area (TPSA) is 59.9 Å². The number of carbonyl (C=O) groups is 1. The third-order valence-electron chi connectivity index (χ3n) is 5.29. The summed E-state index contributed by atoms with van der Waals surface area (Å²) in [7, 11) is 0. The minimum Gasteiger partial charge on any atom is -0.490 e. The first-order chi connectivity index (χ1) is 14.3. The average Bonchev–Trinajstić information content (AvgIpc) is 3.51. The number of hydrogen-bond acceptors (Lipinski definition) is 4. The molecule has 0 aliphatic heterocycles. The summed E-state index contributed by atoms with van der Waals surface area (Å²) >= 11 is 0. The molecule has 0 heterocycles. The van der Waals surface area contributed by atoms with Gasteiger partial charge in [0, 0.05) is 5.92 Å². The first-order valence-corrected chi connectivity index (χ1v) is 10.7. The molecular formula is C25H32N2O3. The Morgan fingerprint density at radius 3 is 2.37 bits per heavy atom. The summed E-state index contributed by atoms with van der Waals surface area (Å²) in [5, 5.41) is 4.13. The molecule has 0 aromatic heterocycles. The molecule has 0 radical (unpaired) electrons. The number of amides is 1. The lowest BCUT2D eigenvalue weighted by molar-refractivity contribution is -0.122. The molecule has 2 aromatic rings. The van der Waals surface area contributed by atoms with Crippen molar-refractivity contribution in [1.29, 1.82) is 0 Å². The van der Waals surface area contributed by atoms with E-state index in [-0.39, 0.29) is 23.2 Å². The quantitative estimate of drug-likeness (QED) is 0.492. The molecule has 160 valence electrons. The second kappa shape index (κ2) is 9.33. The Hall–Kier alpha value is -2.82. The van der Waals surface area contributed by atoms with Crippen LogP contribution in [0.1, 0.15) is 63.6 Å². The zero-order valence-corrected chi connectivity index (χ0v) is 18.6. The molecule has 30 heavy (non-hydrogen) atoms. The summed E-state index contributed by atoms with van der Waals surface area (Å²) in [6, 6.07) is 14.2. The van der Waals surface area contributed by atoms with E-state index in [4.69, 9.17) is 9.47 Å². The van der Waals surface area contributed by atoms with Crippen LogP contribution in [0.25, 0.3) is 0 Å². The van der Waals surface area contributed by atoms with Crippen molar-refractivity contribution in [2.45, 2.75) is 52.4 Å². The second-order valence-corrected chi connectivity index (χ2v) is 8.63. The van der Waals surface area contributed by atoms with Crippen LogP contribution in [0.4, 0.5) is 0 Å². The SMILES string of the molecule is CCOc1ccc(/C=N/NC(=O)C2CC2c2ccc(C(C)(C)C)cc2)cc1OCC. The van der Waals surface area contributed by atoms with E-state index in [1.807, 2.05) is 32.0 Å². The van der Waals surface area contributed by atoms with Crippen LogP contribution in [-0.4, -0.2) is 25.3 Å². The molecule has 2 aromatic carbocycles. The summed E-state index contributed by atoms with van der Waals surface area (Å²) in [6.07, 6.45) is 2.50. The highest BCUT2D eigenvalue weighted by Crippen LogP contribution is 2.47. The summed E-state index contributed by atoms with van der Waals surface area (Å²) in [4.78, 5) is 12.4. The van der Waals surface area contributed by atoms with Crippen molar-refractivity contribution in [1.82, 2.24) is 5.43 Å². The van der Waals surface area contributed by atoms with Crippen molar-refractivity contribution >= 4 is 12.1 Å². The molecule has 1 N–H and O–H groups in total. The maximum atomic E-state index is 12.4. The molecule has 5 heteroatoms. The highest BCUT2D eigenvalue weighted by atomic mass is 16.5. The number of hydrogen-bond donors (Lipinski definition) is 1. The molecule has 2 unspecified atom stereocenters. The maximum Gasteiger partial charge on any atom is 0.243 e. The van der Waals surface area contributed by atoms with Gasteiger partial charge in [-0.1, -0.05) is 45.0 Å². The Morgan fingerprint density at radius 1 is 1.07 bits per heavy atom. The van der Waals surface area contributed by atoms with Crippen LogP contribution >= 0.6 is 0 Å². The highest BCUT2D eigenvalue weighted by molar-refractivity contribution is 5.86. The van der Waals surface area contributed by atoms with Gasteiger partial charge in [0.05, 0.1) is 19.4 Å². The van der Waals surface area contributed by atoms with Crippen LogP contribution in [0.3, 0.4) is 0 Å². The van der Waals surface area contributed by atoms with Gasteiger partial charge in [0.25, 0.3) is 0 Å². The molecule has 1 aliphatic carbocycles. The largest absolute Gasteiger partial charge is 0.490 e. The molecular weight excluding hydrogens is 376 g/mol. The van der Waals surface area contributed by atoms with E-state index in [2.05, 4.69) is 55.6 Å². The Labute approximate surface area is 179 Å². The van der Waals surface area contributed by atoms with Crippen LogP contribution < -0.4 is 14.9 Å². The molecule has 3 rings (SSSR count). The fourth-order valence-corrected chi connectivity index (χ4v) is 3.48. The minimum atomic E-state index is -0.0351. The van der Waals surface area contributed by atoms with Gasteiger partial charge < -0.3 is 9.47 Å². The highest BCUT2D eigenvalue weighted by Gasteiger charge is 2.44. The molecule has 1 amide bonds. The number of nitrogens with one attached hydrogen (secondary N) is 1. The number of ether oxygens (including phenoxy) is 2. The predicted molar refractivity (Wildman–Crippen MR) is 121 cm³/mol. The van der Waals surface area contributed by atoms with Crippen LogP contribution in [0, 0.1) is 5.92 Å². The molecule has 1 aliphatic rings. The third kappa shape index (κ3) is 5.41. The Kier molecular flexibility index (Phi) is 6.80. The van der Waals surface area contributed by atoms with E-state index >= 15 is 0 Å². The van der Waals surface area contributed by atoms with Crippen molar-refractivity contribution in [3.63, 3.8) is 0 Å². The molecule has 0 bridgehead atoms. The summed E-state index contributed by atoms with van der Waals surface area (Å²) < 4.78 is 11.2. The molecule has 1 fully saturated rings. The lowest BCUT2D eigenvalue weighted by Crippen LogP contribution is -2.20. The van der Waals surface area contributed by atoms with Gasteiger partial charge in [0.2, 0.25) is 5.91 Å². The van der Waals surface area contributed by atoms with Crippen molar-refractivity contribution in [2.24, 2.45) is 11.0 Å². The maximum absolute atomic E-state index is 12.4. The van der Waals surface area contributed by atoms with Gasteiger partial charge in [-0.15, -0.1) is 0 Å². The smallest absolute Gasteiger partial charge is 0.243 e. The Bertz CT molecular complexity index is 898. The van der Waals surface area contributed by atoms with Crippen molar-refractivity contribution < 1.29 is 14.3 Å². The van der Waals surface area contributed by atoms with Crippen LogP contribution in [-0.2, 0) is 10.2 Å². The predicted octanol–water partition coefficient (Wildman–Crippen LogP) is 5.04. The minimum absolute atomic E-state index is 0.0121. The monoisotopic (exact) mass is 408 g/mol. The number of carbonyl (C=O) groups excluding carboxylic acids is 1. The van der Waals surface area contributed by atoms with Crippen LogP contribution in [0.5, 0.6) is 11.5 Å². The molecule has 0 saturated heterocycles. The van der Waals surface area contributed by atoms with Crippen molar-refractivity contribution in [2.75, 3.05) is 13.2 Å². The Balaban J connectivity index is 1.56. The first-order valence-electron chi connectivity index (χ1n) is 10.7. The first kappa shape index (κ1) is 21.9. The van der Waals surface area contributed by atoms with Gasteiger partial charge in [-0.25, -0.2) is 5.43 Å². The van der Waals surface area contributed by atoms with E-state index in [9.17, 15) is 4.79 Å². The van der Waals surface area contributed by atoms with E-state index in [1.54, 1.807) is 6.21 Å². The van der Waals surface area contributed by atoms with Gasteiger partial charge in [0.1, 0.15) is 0 Å². The van der Waals surface area contributed by atoms with Gasteiger partial charge in [-0.05, 0) is 66.5 Å². The molecule has 0 spiro atoms. The van der Waals surface area contributed by atoms with Crippen molar-refractivity contribution in [3.8, 4) is 11.5 Å². The fraction of sp³-hybridized carbons (Fsp3) is 0.440. The van der Waals surface area contributed by atoms with Gasteiger partial charge in [0.15, 0.2) is 11.5 Å². The van der Waals surface area contributed by atoms with E-state index in [0.717, 1.165) is 12.0 Å². The molecule has 1 saturated carbocycles. The summed E-state index contributed by atoms with van der Waals surface area (Å²) in [5.74, 6) is 1.62. The van der Waals surface area contributed by atoms with Crippen molar-refractivity contribution in [3.05, 3.63) is 59.2 Å². The van der Waals surface area contributed by atoms with E-state index in [0.29, 0.717) is 24.7 Å². The summed E-state index contributed by atoms with van der Waals surface area (Å²) in [5.41, 5.74) is 6.18. The van der Waals surface area contributed by atoms with Gasteiger partial charge >= 0.3 is 0 Å². The van der Waals surface area contributed by atoms with Crippen LogP contribution in [0.2, 0.25) is 0 Å². The average molecular weight is 409 g/mol. The number of hydrazone groups is 1. The van der Waals surface area contributed by atoms with Gasteiger partial charge in [-0.2, -0.15) is 5.10 Å². The zero-order chi connectivity index (χ0) is 21.7. The third-order valence-corrected chi connectivity index (χ3v) is 5.29. The summed E-state index contributed by atoms with van der Waals surface area (Å²) in [6.45, 7) is 11.6. The lowest BCUT2D eigenvalue weighted by Gasteiger charge is -2.19. The normalized spacial score (nSPS) is 18.3. The molecule has 2 atom stereocenters. The number of rotatable bonds is 8. The van der Waals surface area contributed by atoms with Gasteiger partial charge in [-0.3, -0.25) is 4.79 Å². The molecule has 5 nitrogen and oxygen atoms in total. The lowest BCUT2D eigenvalue weighted by atomic mass is 9.86. The van der Waals surface area contributed by atoms with Crippen LogP contribution in [0.15, 0.2) is 47.6 Å². The van der Waals surface area contributed by atoms with E-state index in [1.165, 1.54) is 11.1 Å². The Morgan fingerprint density at radius 2 is 1.73 bits per heavy atom. The zero-order valence-electron chi connectivity index (χ0n) is 18.6. The number of nitrogens with zero attached hydrogens (tertiary/aromatic N) is 1. The fourth-order valence-electron chi connectivity index (χ4n) is 3.48. The number of benzene rings is 2. The standard InChI is InChI=1S/C25H32N2O3/c1-6-29-22-13-8-17(14-23(22)30-7-2)16-26-27-24(28)21-15-20(21)18-9-11-19(12-10-18)25(3,4)5/h8-14,16,20-21H,6-7,15H2,1-5H3,(H,27,28)/b26-16+. The second-order valence-electron chi connectivity index (χ2n) is 8.63. The van der Waals surface area contributed by atoms with E-state index < -0.39 is 0 Å².